The number of hydrogen-bond acceptors (Lipinski definition) is 7. The molecule has 0 atom stereocenters. The lowest BCUT2D eigenvalue weighted by Crippen LogP contribution is -2.60. The van der Waals surface area contributed by atoms with E-state index in [2.05, 4.69) is 53.6 Å². The van der Waals surface area contributed by atoms with Crippen molar-refractivity contribution < 1.29 is 4.92 Å². The van der Waals surface area contributed by atoms with Gasteiger partial charge < -0.3 is 16.0 Å². The Balaban J connectivity index is 1.69. The largest absolute Gasteiger partial charge is 0.361 e. The molecule has 34 heavy (non-hydrogen) atoms. The second-order valence-electron chi connectivity index (χ2n) is 10.2. The van der Waals surface area contributed by atoms with E-state index in [4.69, 9.17) is 0 Å². The van der Waals surface area contributed by atoms with Crippen LogP contribution in [0.5, 0.6) is 0 Å². The molecule has 0 amide bonds. The molecule has 0 aliphatic carbocycles. The van der Waals surface area contributed by atoms with E-state index in [1.54, 1.807) is 0 Å². The van der Waals surface area contributed by atoms with Gasteiger partial charge in [0.1, 0.15) is 6.33 Å². The molecule has 1 saturated heterocycles. The molecule has 0 bridgehead atoms. The van der Waals surface area contributed by atoms with Gasteiger partial charge in [-0.05, 0) is 51.7 Å². The Hall–Kier alpha value is -3.52. The fourth-order valence-corrected chi connectivity index (χ4v) is 5.17. The van der Waals surface area contributed by atoms with Crippen molar-refractivity contribution >= 4 is 17.3 Å². The van der Waals surface area contributed by atoms with Crippen LogP contribution in [0.15, 0.2) is 67.0 Å². The minimum absolute atomic E-state index is 0.0340. The van der Waals surface area contributed by atoms with Crippen molar-refractivity contribution in [1.29, 1.82) is 0 Å². The number of rotatable bonds is 7. The molecule has 1 aliphatic heterocycles. The SMILES string of the molecule is CC1(C)CC(Nc2ncnc(NC(c3ccccc3)c3ccccc3)c2[N+](=O)[O-])CC(C)(C)N1. The molecular formula is C26H32N6O2. The minimum Gasteiger partial charge on any atom is -0.361 e. The van der Waals surface area contributed by atoms with E-state index in [9.17, 15) is 10.1 Å². The monoisotopic (exact) mass is 460 g/mol. The summed E-state index contributed by atoms with van der Waals surface area (Å²) in [5, 5.41) is 22.6. The predicted octanol–water partition coefficient (Wildman–Crippen LogP) is 5.31. The highest BCUT2D eigenvalue weighted by atomic mass is 16.6. The second kappa shape index (κ2) is 9.38. The summed E-state index contributed by atoms with van der Waals surface area (Å²) < 4.78 is 0. The van der Waals surface area contributed by atoms with Gasteiger partial charge in [0.15, 0.2) is 0 Å². The van der Waals surface area contributed by atoms with E-state index in [1.807, 2.05) is 60.7 Å². The van der Waals surface area contributed by atoms with Gasteiger partial charge in [0.2, 0.25) is 11.6 Å². The molecule has 1 aromatic heterocycles. The predicted molar refractivity (Wildman–Crippen MR) is 135 cm³/mol. The molecule has 8 nitrogen and oxygen atoms in total. The molecule has 2 aromatic carbocycles. The van der Waals surface area contributed by atoms with Crippen molar-refractivity contribution in [3.63, 3.8) is 0 Å². The van der Waals surface area contributed by atoms with Gasteiger partial charge in [0, 0.05) is 17.1 Å². The number of anilines is 2. The summed E-state index contributed by atoms with van der Waals surface area (Å²) in [6.45, 7) is 8.59. The van der Waals surface area contributed by atoms with Crippen LogP contribution < -0.4 is 16.0 Å². The van der Waals surface area contributed by atoms with Gasteiger partial charge in [-0.15, -0.1) is 0 Å². The van der Waals surface area contributed by atoms with E-state index in [-0.39, 0.29) is 40.5 Å². The van der Waals surface area contributed by atoms with Crippen molar-refractivity contribution in [2.24, 2.45) is 0 Å². The van der Waals surface area contributed by atoms with Crippen molar-refractivity contribution in [3.8, 4) is 0 Å². The third-order valence-electron chi connectivity index (χ3n) is 6.08. The zero-order valence-corrected chi connectivity index (χ0v) is 20.1. The zero-order valence-electron chi connectivity index (χ0n) is 20.1. The first-order valence-corrected chi connectivity index (χ1v) is 11.6. The minimum atomic E-state index is -0.408. The number of piperidine rings is 1. The van der Waals surface area contributed by atoms with Crippen LogP contribution in [-0.2, 0) is 0 Å². The number of nitrogens with one attached hydrogen (secondary N) is 3. The van der Waals surface area contributed by atoms with Gasteiger partial charge in [-0.3, -0.25) is 10.1 Å². The zero-order chi connectivity index (χ0) is 24.3. The molecule has 1 fully saturated rings. The summed E-state index contributed by atoms with van der Waals surface area (Å²) in [7, 11) is 0. The van der Waals surface area contributed by atoms with Crippen LogP contribution in [0.3, 0.4) is 0 Å². The van der Waals surface area contributed by atoms with Gasteiger partial charge in [-0.2, -0.15) is 0 Å². The average Bonchev–Trinajstić information content (AvgIpc) is 2.76. The summed E-state index contributed by atoms with van der Waals surface area (Å²) in [4.78, 5) is 20.4. The molecule has 2 heterocycles. The third-order valence-corrected chi connectivity index (χ3v) is 6.08. The van der Waals surface area contributed by atoms with Crippen molar-refractivity contribution in [2.45, 2.75) is 63.7 Å². The number of benzene rings is 2. The highest BCUT2D eigenvalue weighted by molar-refractivity contribution is 5.70. The maximum Gasteiger partial charge on any atom is 0.353 e. The Morgan fingerprint density at radius 2 is 1.41 bits per heavy atom. The topological polar surface area (TPSA) is 105 Å². The van der Waals surface area contributed by atoms with E-state index < -0.39 is 4.92 Å². The molecule has 0 saturated carbocycles. The first-order chi connectivity index (χ1) is 16.1. The van der Waals surface area contributed by atoms with Gasteiger partial charge in [0.05, 0.1) is 11.0 Å². The lowest BCUT2D eigenvalue weighted by atomic mass is 9.79. The summed E-state index contributed by atoms with van der Waals surface area (Å²) in [5.41, 5.74) is 1.62. The van der Waals surface area contributed by atoms with Crippen LogP contribution in [0, 0.1) is 10.1 Å². The maximum absolute atomic E-state index is 12.2. The molecule has 0 unspecified atom stereocenters. The highest BCUT2D eigenvalue weighted by Gasteiger charge is 2.39. The Morgan fingerprint density at radius 1 is 0.912 bits per heavy atom. The Morgan fingerprint density at radius 3 is 1.91 bits per heavy atom. The first-order valence-electron chi connectivity index (χ1n) is 11.6. The van der Waals surface area contributed by atoms with Crippen LogP contribution in [-0.4, -0.2) is 32.0 Å². The van der Waals surface area contributed by atoms with Crippen LogP contribution in [0.4, 0.5) is 17.3 Å². The summed E-state index contributed by atoms with van der Waals surface area (Å²) in [6, 6.07) is 19.4. The third kappa shape index (κ3) is 5.51. The molecule has 8 heteroatoms. The fraction of sp³-hybridized carbons (Fsp3) is 0.385. The van der Waals surface area contributed by atoms with E-state index in [1.165, 1.54) is 6.33 Å². The second-order valence-corrected chi connectivity index (χ2v) is 10.2. The molecule has 3 N–H and O–H groups in total. The van der Waals surface area contributed by atoms with Crippen molar-refractivity contribution in [1.82, 2.24) is 15.3 Å². The van der Waals surface area contributed by atoms with Crippen LogP contribution >= 0.6 is 0 Å². The molecule has 4 rings (SSSR count). The average molecular weight is 461 g/mol. The normalized spacial score (nSPS) is 17.3. The van der Waals surface area contributed by atoms with Gasteiger partial charge in [-0.25, -0.2) is 9.97 Å². The first kappa shape index (κ1) is 23.6. The number of aromatic nitrogens is 2. The lowest BCUT2D eigenvalue weighted by molar-refractivity contribution is -0.383. The summed E-state index contributed by atoms with van der Waals surface area (Å²) >= 11 is 0. The molecule has 0 radical (unpaired) electrons. The molecule has 0 spiro atoms. The Kier molecular flexibility index (Phi) is 6.52. The Bertz CT molecular complexity index is 1080. The molecular weight excluding hydrogens is 428 g/mol. The molecule has 3 aromatic rings. The van der Waals surface area contributed by atoms with Crippen molar-refractivity contribution in [2.75, 3.05) is 10.6 Å². The van der Waals surface area contributed by atoms with Crippen molar-refractivity contribution in [3.05, 3.63) is 88.2 Å². The number of hydrogen-bond donors (Lipinski definition) is 3. The van der Waals surface area contributed by atoms with E-state index in [0.717, 1.165) is 24.0 Å². The van der Waals surface area contributed by atoms with Gasteiger partial charge >= 0.3 is 5.69 Å². The Labute approximate surface area is 200 Å². The smallest absolute Gasteiger partial charge is 0.353 e. The lowest BCUT2D eigenvalue weighted by Gasteiger charge is -2.46. The quantitative estimate of drug-likeness (QED) is 0.324. The van der Waals surface area contributed by atoms with E-state index >= 15 is 0 Å². The number of nitro groups is 1. The van der Waals surface area contributed by atoms with Gasteiger partial charge in [0.25, 0.3) is 0 Å². The van der Waals surface area contributed by atoms with Gasteiger partial charge in [-0.1, -0.05) is 60.7 Å². The van der Waals surface area contributed by atoms with E-state index in [0.29, 0.717) is 0 Å². The highest BCUT2D eigenvalue weighted by Crippen LogP contribution is 2.36. The standard InChI is InChI=1S/C26H32N6O2/c1-25(2)15-20(16-26(3,4)31-25)29-23-22(32(33)34)24(28-17-27-23)30-21(18-11-7-5-8-12-18)19-13-9-6-10-14-19/h5-14,17,20-21,31H,15-16H2,1-4H3,(H2,27,28,29,30). The summed E-state index contributed by atoms with van der Waals surface area (Å²) in [6.07, 6.45) is 3.01. The van der Waals surface area contributed by atoms with Crippen LogP contribution in [0.2, 0.25) is 0 Å². The van der Waals surface area contributed by atoms with Crippen LogP contribution in [0.1, 0.15) is 57.7 Å². The fourth-order valence-electron chi connectivity index (χ4n) is 5.17. The summed E-state index contributed by atoms with van der Waals surface area (Å²) in [5.74, 6) is 0.425. The number of nitrogens with zero attached hydrogens (tertiary/aromatic N) is 3. The van der Waals surface area contributed by atoms with Crippen LogP contribution in [0.25, 0.3) is 0 Å². The molecule has 178 valence electrons. The maximum atomic E-state index is 12.2. The molecule has 1 aliphatic rings.